The van der Waals surface area contributed by atoms with Crippen molar-refractivity contribution in [3.05, 3.63) is 88.0 Å². The van der Waals surface area contributed by atoms with Crippen molar-refractivity contribution < 1.29 is 17.9 Å². The zero-order chi connectivity index (χ0) is 24.1. The highest BCUT2D eigenvalue weighted by Crippen LogP contribution is 2.23. The normalized spacial score (nSPS) is 12.0. The Morgan fingerprint density at radius 1 is 0.912 bits per heavy atom. The minimum absolute atomic E-state index is 0.0573. The highest BCUT2D eigenvalue weighted by Gasteiger charge is 2.28. The third-order valence-corrected chi connectivity index (χ3v) is 6.69. The molecule has 34 heavy (non-hydrogen) atoms. The first-order chi connectivity index (χ1) is 16.4. The maximum atomic E-state index is 13.4. The Morgan fingerprint density at radius 2 is 1.50 bits per heavy atom. The summed E-state index contributed by atoms with van der Waals surface area (Å²) in [5.74, 6) is -0.0977. The van der Waals surface area contributed by atoms with Crippen molar-refractivity contribution in [2.45, 2.75) is 37.6 Å². The van der Waals surface area contributed by atoms with Crippen LogP contribution in [0.1, 0.15) is 37.1 Å². The van der Waals surface area contributed by atoms with Crippen LogP contribution in [0, 0.1) is 0 Å². The van der Waals surface area contributed by atoms with E-state index in [4.69, 9.17) is 9.47 Å². The maximum Gasteiger partial charge on any atom is 0.279 e. The molecule has 0 saturated carbocycles. The second-order valence-corrected chi connectivity index (χ2v) is 9.46. The van der Waals surface area contributed by atoms with E-state index in [-0.39, 0.29) is 34.4 Å². The first-order valence-electron chi connectivity index (χ1n) is 11.0. The number of benzene rings is 2. The van der Waals surface area contributed by atoms with Gasteiger partial charge in [0.25, 0.3) is 5.56 Å². The highest BCUT2D eigenvalue weighted by atomic mass is 32.2. The molecule has 0 unspecified atom stereocenters. The van der Waals surface area contributed by atoms with Gasteiger partial charge in [0, 0.05) is 13.2 Å². The van der Waals surface area contributed by atoms with Crippen LogP contribution in [0.15, 0.2) is 70.6 Å². The first kappa shape index (κ1) is 23.8. The SMILES string of the molecule is CCOC(OCC)c1nc2c(nc(S(=O)(=O)Cc3ccccc3)n2Cc2ccccc2)c(=O)[nH]1. The standard InChI is InChI=1S/C24H26N4O5S/c1-3-32-23(33-4-2)20-26-21-19(22(29)27-20)25-24(28(21)15-17-11-7-5-8-12-17)34(30,31)16-18-13-9-6-10-14-18/h5-14,23H,3-4,15-16H2,1-2H3,(H,26,27,29). The number of hydrogen-bond donors (Lipinski definition) is 1. The number of aromatic amines is 1. The molecule has 178 valence electrons. The molecule has 0 bridgehead atoms. The van der Waals surface area contributed by atoms with E-state index < -0.39 is 21.7 Å². The Balaban J connectivity index is 1.90. The molecular weight excluding hydrogens is 456 g/mol. The number of imidazole rings is 1. The van der Waals surface area contributed by atoms with E-state index in [9.17, 15) is 13.2 Å². The second kappa shape index (κ2) is 10.3. The van der Waals surface area contributed by atoms with Crippen LogP contribution in [-0.2, 0) is 31.6 Å². The number of nitrogens with one attached hydrogen (secondary N) is 1. The largest absolute Gasteiger partial charge is 0.346 e. The summed E-state index contributed by atoms with van der Waals surface area (Å²) in [4.78, 5) is 24.4. The Bertz CT molecular complexity index is 1410. The number of nitrogens with zero attached hydrogens (tertiary/aromatic N) is 3. The smallest absolute Gasteiger partial charge is 0.279 e. The van der Waals surface area contributed by atoms with E-state index in [1.165, 1.54) is 4.57 Å². The quantitative estimate of drug-likeness (QED) is 0.345. The fourth-order valence-electron chi connectivity index (χ4n) is 3.63. The summed E-state index contributed by atoms with van der Waals surface area (Å²) in [6, 6.07) is 18.2. The molecule has 2 heterocycles. The van der Waals surface area contributed by atoms with E-state index in [0.717, 1.165) is 5.56 Å². The van der Waals surface area contributed by atoms with Gasteiger partial charge in [0.2, 0.25) is 21.3 Å². The van der Waals surface area contributed by atoms with E-state index in [1.54, 1.807) is 38.1 Å². The Hall–Kier alpha value is -3.34. The fraction of sp³-hybridized carbons (Fsp3) is 0.292. The molecule has 0 spiro atoms. The molecule has 10 heteroatoms. The number of H-pyrrole nitrogens is 1. The van der Waals surface area contributed by atoms with Gasteiger partial charge in [0.05, 0.1) is 12.3 Å². The number of ether oxygens (including phenoxy) is 2. The average Bonchev–Trinajstić information content (AvgIpc) is 3.20. The number of hydrogen-bond acceptors (Lipinski definition) is 7. The van der Waals surface area contributed by atoms with Crippen molar-refractivity contribution in [2.24, 2.45) is 0 Å². The van der Waals surface area contributed by atoms with Crippen LogP contribution in [0.5, 0.6) is 0 Å². The van der Waals surface area contributed by atoms with Crippen LogP contribution < -0.4 is 5.56 Å². The molecule has 0 amide bonds. The number of sulfone groups is 1. The van der Waals surface area contributed by atoms with Crippen LogP contribution in [-0.4, -0.2) is 41.2 Å². The molecule has 1 N–H and O–H groups in total. The zero-order valence-electron chi connectivity index (χ0n) is 19.0. The van der Waals surface area contributed by atoms with Gasteiger partial charge in [-0.1, -0.05) is 60.7 Å². The lowest BCUT2D eigenvalue weighted by molar-refractivity contribution is -0.145. The summed E-state index contributed by atoms with van der Waals surface area (Å²) in [5, 5.41) is -0.213. The summed E-state index contributed by atoms with van der Waals surface area (Å²) in [6.07, 6.45) is -0.892. The van der Waals surface area contributed by atoms with Crippen molar-refractivity contribution in [1.82, 2.24) is 19.5 Å². The van der Waals surface area contributed by atoms with Crippen LogP contribution in [0.4, 0.5) is 0 Å². The van der Waals surface area contributed by atoms with Gasteiger partial charge >= 0.3 is 0 Å². The van der Waals surface area contributed by atoms with Gasteiger partial charge in [0.15, 0.2) is 17.0 Å². The molecule has 0 aliphatic rings. The zero-order valence-corrected chi connectivity index (χ0v) is 19.8. The molecule has 9 nitrogen and oxygen atoms in total. The van der Waals surface area contributed by atoms with Crippen molar-refractivity contribution >= 4 is 21.0 Å². The summed E-state index contributed by atoms with van der Waals surface area (Å²) >= 11 is 0. The Kier molecular flexibility index (Phi) is 7.20. The molecule has 2 aromatic carbocycles. The van der Waals surface area contributed by atoms with E-state index in [1.807, 2.05) is 36.4 Å². The third-order valence-electron chi connectivity index (χ3n) is 5.11. The average molecular weight is 483 g/mol. The number of aromatic nitrogens is 4. The van der Waals surface area contributed by atoms with Crippen LogP contribution in [0.2, 0.25) is 0 Å². The summed E-state index contributed by atoms with van der Waals surface area (Å²) in [5.41, 5.74) is 0.993. The van der Waals surface area contributed by atoms with Gasteiger partial charge in [-0.25, -0.2) is 18.4 Å². The molecule has 0 atom stereocenters. The number of rotatable bonds is 10. The van der Waals surface area contributed by atoms with E-state index in [0.29, 0.717) is 18.8 Å². The topological polar surface area (TPSA) is 116 Å². The highest BCUT2D eigenvalue weighted by molar-refractivity contribution is 7.90. The molecule has 0 fully saturated rings. The Morgan fingerprint density at radius 3 is 2.09 bits per heavy atom. The second-order valence-electron chi connectivity index (χ2n) is 7.58. The van der Waals surface area contributed by atoms with Crippen molar-refractivity contribution in [2.75, 3.05) is 13.2 Å². The summed E-state index contributed by atoms with van der Waals surface area (Å²) < 4.78 is 39.5. The Labute approximate surface area is 197 Å². The van der Waals surface area contributed by atoms with Gasteiger partial charge in [0.1, 0.15) is 0 Å². The van der Waals surface area contributed by atoms with Gasteiger partial charge in [-0.15, -0.1) is 0 Å². The lowest BCUT2D eigenvalue weighted by atomic mass is 10.2. The van der Waals surface area contributed by atoms with E-state index in [2.05, 4.69) is 15.0 Å². The van der Waals surface area contributed by atoms with Crippen LogP contribution in [0.25, 0.3) is 11.2 Å². The molecule has 0 aliphatic heterocycles. The van der Waals surface area contributed by atoms with Gasteiger partial charge in [-0.05, 0) is 25.0 Å². The van der Waals surface area contributed by atoms with Crippen molar-refractivity contribution in [3.63, 3.8) is 0 Å². The third kappa shape index (κ3) is 5.09. The fourth-order valence-corrected chi connectivity index (χ4v) is 5.11. The molecule has 0 radical (unpaired) electrons. The summed E-state index contributed by atoms with van der Waals surface area (Å²) in [7, 11) is -3.90. The van der Waals surface area contributed by atoms with Gasteiger partial charge in [-0.2, -0.15) is 0 Å². The molecular formula is C24H26N4O5S. The maximum absolute atomic E-state index is 13.4. The lowest BCUT2D eigenvalue weighted by Gasteiger charge is -2.16. The molecule has 0 saturated heterocycles. The predicted octanol–water partition coefficient (Wildman–Crippen LogP) is 3.21. The van der Waals surface area contributed by atoms with Crippen molar-refractivity contribution in [1.29, 1.82) is 0 Å². The van der Waals surface area contributed by atoms with Crippen LogP contribution in [0.3, 0.4) is 0 Å². The van der Waals surface area contributed by atoms with E-state index >= 15 is 0 Å². The van der Waals surface area contributed by atoms with Crippen molar-refractivity contribution in [3.8, 4) is 0 Å². The minimum atomic E-state index is -3.90. The molecule has 2 aromatic heterocycles. The lowest BCUT2D eigenvalue weighted by Crippen LogP contribution is -2.19. The van der Waals surface area contributed by atoms with Gasteiger partial charge in [-0.3, -0.25) is 9.36 Å². The minimum Gasteiger partial charge on any atom is -0.346 e. The predicted molar refractivity (Wildman–Crippen MR) is 127 cm³/mol. The molecule has 4 rings (SSSR count). The molecule has 4 aromatic rings. The first-order valence-corrected chi connectivity index (χ1v) is 12.6. The number of fused-ring (bicyclic) bond motifs is 1. The monoisotopic (exact) mass is 482 g/mol. The van der Waals surface area contributed by atoms with Crippen LogP contribution >= 0.6 is 0 Å². The van der Waals surface area contributed by atoms with Gasteiger partial charge < -0.3 is 14.5 Å². The molecule has 0 aliphatic carbocycles. The summed E-state index contributed by atoms with van der Waals surface area (Å²) in [6.45, 7) is 4.45.